The third-order valence-electron chi connectivity index (χ3n) is 6.17. The number of aromatic nitrogens is 3. The van der Waals surface area contributed by atoms with Crippen molar-refractivity contribution >= 4 is 5.71 Å². The highest BCUT2D eigenvalue weighted by molar-refractivity contribution is 6.15. The van der Waals surface area contributed by atoms with Gasteiger partial charge in [0.15, 0.2) is 0 Å². The van der Waals surface area contributed by atoms with Crippen molar-refractivity contribution in [3.8, 4) is 11.1 Å². The van der Waals surface area contributed by atoms with Crippen molar-refractivity contribution in [3.05, 3.63) is 111 Å². The van der Waals surface area contributed by atoms with Crippen molar-refractivity contribution in [3.63, 3.8) is 0 Å². The maximum Gasteiger partial charge on any atom is 0.416 e. The number of aliphatic imine (C=N–C) groups is 1. The van der Waals surface area contributed by atoms with Crippen molar-refractivity contribution in [1.29, 1.82) is 0 Å². The topological polar surface area (TPSA) is 72.4 Å². The summed E-state index contributed by atoms with van der Waals surface area (Å²) in [5, 5.41) is 14.1. The molecule has 4 aromatic rings. The summed E-state index contributed by atoms with van der Waals surface area (Å²) in [5.74, 6) is -1.10. The molecule has 5 rings (SSSR count). The summed E-state index contributed by atoms with van der Waals surface area (Å²) in [6.07, 6.45) is 0.220. The first-order valence-electron chi connectivity index (χ1n) is 11.0. The van der Waals surface area contributed by atoms with Crippen LogP contribution in [-0.4, -0.2) is 31.8 Å². The van der Waals surface area contributed by atoms with Gasteiger partial charge in [-0.05, 0) is 52.6 Å². The Labute approximate surface area is 202 Å². The van der Waals surface area contributed by atoms with Crippen LogP contribution in [0.3, 0.4) is 0 Å². The summed E-state index contributed by atoms with van der Waals surface area (Å²) in [6.45, 7) is -0.156. The molecule has 10 heteroatoms. The summed E-state index contributed by atoms with van der Waals surface area (Å²) in [4.78, 5) is 17.6. The standard InChI is InChI=1S/C26H20F4N4O2/c1-33-13-19(12-32-33)25-22-8-15(2-3-17(22)11-31-25)16-4-5-34(24(36)9-16)23(14-35)18-6-20(26(28,29)30)10-21(27)7-18/h2-10,12-13,23,35H,11,14H2,1H3/t23-/m1/s1. The molecule has 2 aromatic heterocycles. The number of nitrogens with zero attached hydrogens (tertiary/aromatic N) is 4. The van der Waals surface area contributed by atoms with Crippen molar-refractivity contribution in [1.82, 2.24) is 14.3 Å². The molecule has 36 heavy (non-hydrogen) atoms. The summed E-state index contributed by atoms with van der Waals surface area (Å²) in [6, 6.07) is 9.51. The first kappa shape index (κ1) is 23.7. The molecule has 6 nitrogen and oxygen atoms in total. The quantitative estimate of drug-likeness (QED) is 0.418. The molecule has 0 unspecified atom stereocenters. The molecule has 0 fully saturated rings. The first-order chi connectivity index (χ1) is 17.1. The molecule has 1 aliphatic heterocycles. The molecule has 1 aliphatic rings. The Balaban J connectivity index is 1.50. The minimum absolute atomic E-state index is 0.158. The number of fused-ring (bicyclic) bond motifs is 1. The van der Waals surface area contributed by atoms with Crippen LogP contribution < -0.4 is 5.56 Å². The number of aryl methyl sites for hydroxylation is 1. The van der Waals surface area contributed by atoms with E-state index in [-0.39, 0.29) is 5.56 Å². The zero-order valence-corrected chi connectivity index (χ0v) is 19.0. The van der Waals surface area contributed by atoms with Gasteiger partial charge in [0.25, 0.3) is 5.56 Å². The SMILES string of the molecule is Cn1cc(C2=NCc3ccc(-c4ccn([C@H](CO)c5cc(F)cc(C(F)(F)F)c5)c(=O)c4)cc32)cn1. The van der Waals surface area contributed by atoms with E-state index < -0.39 is 35.8 Å². The maximum absolute atomic E-state index is 13.9. The second kappa shape index (κ2) is 8.87. The monoisotopic (exact) mass is 496 g/mol. The van der Waals surface area contributed by atoms with Gasteiger partial charge in [-0.1, -0.05) is 12.1 Å². The van der Waals surface area contributed by atoms with E-state index in [0.29, 0.717) is 18.2 Å². The van der Waals surface area contributed by atoms with Gasteiger partial charge in [0, 0.05) is 36.6 Å². The number of aliphatic hydroxyl groups excluding tert-OH is 1. The zero-order valence-electron chi connectivity index (χ0n) is 19.0. The molecule has 0 saturated heterocycles. The molecule has 0 bridgehead atoms. The van der Waals surface area contributed by atoms with Gasteiger partial charge in [0.05, 0.1) is 36.7 Å². The van der Waals surface area contributed by atoms with E-state index in [4.69, 9.17) is 0 Å². The predicted octanol–water partition coefficient (Wildman–Crippen LogP) is 4.34. The van der Waals surface area contributed by atoms with Crippen molar-refractivity contribution < 1.29 is 22.7 Å². The Morgan fingerprint density at radius 2 is 1.83 bits per heavy atom. The fourth-order valence-electron chi connectivity index (χ4n) is 4.40. The fourth-order valence-corrected chi connectivity index (χ4v) is 4.40. The molecule has 0 spiro atoms. The number of hydrogen-bond donors (Lipinski definition) is 1. The van der Waals surface area contributed by atoms with E-state index in [1.165, 1.54) is 12.3 Å². The number of rotatable bonds is 5. The number of halogens is 4. The Hall–Kier alpha value is -4.05. The summed E-state index contributed by atoms with van der Waals surface area (Å²) in [5.41, 5.74) is 3.09. The fraction of sp³-hybridized carbons (Fsp3) is 0.192. The van der Waals surface area contributed by atoms with Gasteiger partial charge in [-0.2, -0.15) is 18.3 Å². The van der Waals surface area contributed by atoms with Gasteiger partial charge in [-0.3, -0.25) is 14.5 Å². The van der Waals surface area contributed by atoms with Crippen LogP contribution >= 0.6 is 0 Å². The van der Waals surface area contributed by atoms with Crippen LogP contribution in [0.5, 0.6) is 0 Å². The molecule has 1 atom stereocenters. The minimum atomic E-state index is -4.77. The molecule has 3 heterocycles. The van der Waals surface area contributed by atoms with E-state index in [1.54, 1.807) is 16.9 Å². The van der Waals surface area contributed by atoms with Crippen molar-refractivity contribution in [2.24, 2.45) is 12.0 Å². The molecular formula is C26H20F4N4O2. The largest absolute Gasteiger partial charge is 0.416 e. The molecular weight excluding hydrogens is 476 g/mol. The first-order valence-corrected chi connectivity index (χ1v) is 11.0. The predicted molar refractivity (Wildman–Crippen MR) is 125 cm³/mol. The number of alkyl halides is 3. The Morgan fingerprint density at radius 1 is 1.06 bits per heavy atom. The highest BCUT2D eigenvalue weighted by Crippen LogP contribution is 2.33. The van der Waals surface area contributed by atoms with Crippen LogP contribution in [0.4, 0.5) is 17.6 Å². The van der Waals surface area contributed by atoms with Crippen LogP contribution in [-0.2, 0) is 19.8 Å². The molecule has 184 valence electrons. The minimum Gasteiger partial charge on any atom is -0.394 e. The number of aliphatic hydroxyl groups is 1. The number of pyridine rings is 1. The molecule has 0 aliphatic carbocycles. The Bertz CT molecular complexity index is 1550. The third-order valence-corrected chi connectivity index (χ3v) is 6.17. The van der Waals surface area contributed by atoms with E-state index in [1.807, 2.05) is 31.4 Å². The second-order valence-corrected chi connectivity index (χ2v) is 8.57. The maximum atomic E-state index is 13.9. The number of benzene rings is 2. The van der Waals surface area contributed by atoms with Gasteiger partial charge in [0.2, 0.25) is 0 Å². The summed E-state index contributed by atoms with van der Waals surface area (Å²) < 4.78 is 56.2. The van der Waals surface area contributed by atoms with Crippen molar-refractivity contribution in [2.75, 3.05) is 6.61 Å². The molecule has 0 saturated carbocycles. The third kappa shape index (κ3) is 4.35. The lowest BCUT2D eigenvalue weighted by atomic mass is 9.96. The van der Waals surface area contributed by atoms with Gasteiger partial charge in [-0.25, -0.2) is 4.39 Å². The van der Waals surface area contributed by atoms with Crippen LogP contribution in [0.1, 0.15) is 33.9 Å². The highest BCUT2D eigenvalue weighted by atomic mass is 19.4. The molecule has 0 radical (unpaired) electrons. The van der Waals surface area contributed by atoms with E-state index in [2.05, 4.69) is 10.1 Å². The van der Waals surface area contributed by atoms with Crippen molar-refractivity contribution in [2.45, 2.75) is 18.8 Å². The second-order valence-electron chi connectivity index (χ2n) is 8.57. The summed E-state index contributed by atoms with van der Waals surface area (Å²) >= 11 is 0. The number of hydrogen-bond acceptors (Lipinski definition) is 4. The smallest absolute Gasteiger partial charge is 0.394 e. The molecule has 2 aromatic carbocycles. The Kier molecular flexibility index (Phi) is 5.83. The van der Waals surface area contributed by atoms with Crippen LogP contribution in [0.2, 0.25) is 0 Å². The summed E-state index contributed by atoms with van der Waals surface area (Å²) in [7, 11) is 1.82. The van der Waals surface area contributed by atoms with Crippen LogP contribution in [0.25, 0.3) is 11.1 Å². The zero-order chi connectivity index (χ0) is 25.6. The van der Waals surface area contributed by atoms with Crippen LogP contribution in [0, 0.1) is 5.82 Å². The van der Waals surface area contributed by atoms with E-state index in [0.717, 1.165) is 44.7 Å². The molecule has 1 N–H and O–H groups in total. The lowest BCUT2D eigenvalue weighted by Gasteiger charge is -2.20. The lowest BCUT2D eigenvalue weighted by Crippen LogP contribution is -2.27. The Morgan fingerprint density at radius 3 is 2.50 bits per heavy atom. The lowest BCUT2D eigenvalue weighted by molar-refractivity contribution is -0.137. The van der Waals surface area contributed by atoms with E-state index >= 15 is 0 Å². The molecule has 0 amide bonds. The van der Waals surface area contributed by atoms with Gasteiger partial charge in [0.1, 0.15) is 5.82 Å². The normalized spacial score (nSPS) is 14.0. The highest BCUT2D eigenvalue weighted by Gasteiger charge is 2.32. The van der Waals surface area contributed by atoms with Gasteiger partial charge >= 0.3 is 6.18 Å². The van der Waals surface area contributed by atoms with E-state index in [9.17, 15) is 27.5 Å². The average molecular weight is 496 g/mol. The average Bonchev–Trinajstić information content (AvgIpc) is 3.45. The van der Waals surface area contributed by atoms with Gasteiger partial charge in [-0.15, -0.1) is 0 Å². The van der Waals surface area contributed by atoms with Gasteiger partial charge < -0.3 is 9.67 Å². The van der Waals surface area contributed by atoms with Crippen LogP contribution in [0.15, 0.2) is 76.9 Å².